The van der Waals surface area contributed by atoms with Crippen molar-refractivity contribution >= 4 is 11.8 Å². The predicted octanol–water partition coefficient (Wildman–Crippen LogP) is -0.761. The summed E-state index contributed by atoms with van der Waals surface area (Å²) in [5, 5.41) is 5.10. The standard InChI is InChI=1S/C11H23N3O3/c1-8(2)6-9(12)11(16)14-7-10(15)13-4-5-17-3/h8-9H,4-7,12H2,1-3H3,(H,13,15)(H,14,16). The third-order valence-corrected chi connectivity index (χ3v) is 2.11. The molecule has 4 N–H and O–H groups in total. The molecule has 0 radical (unpaired) electrons. The molecular formula is C11H23N3O3. The molecule has 0 rings (SSSR count). The van der Waals surface area contributed by atoms with Gasteiger partial charge in [0.05, 0.1) is 19.2 Å². The SMILES string of the molecule is COCCNC(=O)CNC(=O)C(N)CC(C)C. The summed E-state index contributed by atoms with van der Waals surface area (Å²) in [6, 6.07) is -0.554. The molecule has 0 aliphatic heterocycles. The van der Waals surface area contributed by atoms with Gasteiger partial charge in [0.25, 0.3) is 0 Å². The van der Waals surface area contributed by atoms with Gasteiger partial charge < -0.3 is 21.1 Å². The molecule has 0 aromatic rings. The van der Waals surface area contributed by atoms with E-state index in [9.17, 15) is 9.59 Å². The van der Waals surface area contributed by atoms with E-state index in [4.69, 9.17) is 10.5 Å². The highest BCUT2D eigenvalue weighted by molar-refractivity contribution is 5.87. The first-order chi connectivity index (χ1) is 7.97. The number of ether oxygens (including phenoxy) is 1. The number of amides is 2. The fourth-order valence-electron chi connectivity index (χ4n) is 1.27. The molecule has 6 heteroatoms. The van der Waals surface area contributed by atoms with Crippen LogP contribution >= 0.6 is 0 Å². The van der Waals surface area contributed by atoms with E-state index in [0.29, 0.717) is 25.5 Å². The number of hydrogen-bond acceptors (Lipinski definition) is 4. The van der Waals surface area contributed by atoms with Gasteiger partial charge in [0, 0.05) is 13.7 Å². The maximum absolute atomic E-state index is 11.5. The van der Waals surface area contributed by atoms with Crippen molar-refractivity contribution in [3.8, 4) is 0 Å². The van der Waals surface area contributed by atoms with E-state index in [2.05, 4.69) is 10.6 Å². The average molecular weight is 245 g/mol. The van der Waals surface area contributed by atoms with Gasteiger partial charge >= 0.3 is 0 Å². The first-order valence-electron chi connectivity index (χ1n) is 5.76. The molecule has 17 heavy (non-hydrogen) atoms. The Morgan fingerprint density at radius 3 is 2.47 bits per heavy atom. The van der Waals surface area contributed by atoms with E-state index < -0.39 is 6.04 Å². The molecular weight excluding hydrogens is 222 g/mol. The van der Waals surface area contributed by atoms with Crippen LogP contribution in [0.2, 0.25) is 0 Å². The molecule has 100 valence electrons. The summed E-state index contributed by atoms with van der Waals surface area (Å²) in [6.45, 7) is 4.82. The molecule has 0 aromatic heterocycles. The van der Waals surface area contributed by atoms with Crippen molar-refractivity contribution in [2.24, 2.45) is 11.7 Å². The molecule has 2 amide bonds. The Hall–Kier alpha value is -1.14. The van der Waals surface area contributed by atoms with E-state index in [0.717, 1.165) is 0 Å². The molecule has 0 aliphatic rings. The fourth-order valence-corrected chi connectivity index (χ4v) is 1.27. The smallest absolute Gasteiger partial charge is 0.239 e. The molecule has 1 unspecified atom stereocenters. The lowest BCUT2D eigenvalue weighted by Crippen LogP contribution is -2.45. The Labute approximate surface area is 102 Å². The highest BCUT2D eigenvalue weighted by Crippen LogP contribution is 2.01. The van der Waals surface area contributed by atoms with Crippen LogP contribution in [0.15, 0.2) is 0 Å². The zero-order valence-electron chi connectivity index (χ0n) is 10.8. The maximum Gasteiger partial charge on any atom is 0.239 e. The lowest BCUT2D eigenvalue weighted by Gasteiger charge is -2.13. The van der Waals surface area contributed by atoms with Crippen molar-refractivity contribution in [3.05, 3.63) is 0 Å². The van der Waals surface area contributed by atoms with Crippen LogP contribution in [0, 0.1) is 5.92 Å². The van der Waals surface area contributed by atoms with Crippen LogP contribution in [0.25, 0.3) is 0 Å². The summed E-state index contributed by atoms with van der Waals surface area (Å²) in [5.41, 5.74) is 5.66. The number of hydrogen-bond donors (Lipinski definition) is 3. The molecule has 0 heterocycles. The Morgan fingerprint density at radius 2 is 1.94 bits per heavy atom. The lowest BCUT2D eigenvalue weighted by atomic mass is 10.0. The van der Waals surface area contributed by atoms with Gasteiger partial charge in [-0.3, -0.25) is 9.59 Å². The van der Waals surface area contributed by atoms with Gasteiger partial charge in [0.2, 0.25) is 11.8 Å². The van der Waals surface area contributed by atoms with Crippen molar-refractivity contribution in [2.45, 2.75) is 26.3 Å². The van der Waals surface area contributed by atoms with E-state index >= 15 is 0 Å². The summed E-state index contributed by atoms with van der Waals surface area (Å²) < 4.78 is 4.78. The van der Waals surface area contributed by atoms with Gasteiger partial charge in [-0.15, -0.1) is 0 Å². The van der Waals surface area contributed by atoms with Crippen molar-refractivity contribution < 1.29 is 14.3 Å². The van der Waals surface area contributed by atoms with Gasteiger partial charge in [-0.25, -0.2) is 0 Å². The number of nitrogens with two attached hydrogens (primary N) is 1. The minimum absolute atomic E-state index is 0.0473. The molecule has 0 spiro atoms. The van der Waals surface area contributed by atoms with Gasteiger partial charge in [-0.05, 0) is 12.3 Å². The Bertz CT molecular complexity index is 244. The summed E-state index contributed by atoms with van der Waals surface area (Å²) in [7, 11) is 1.55. The minimum Gasteiger partial charge on any atom is -0.383 e. The number of nitrogens with one attached hydrogen (secondary N) is 2. The quantitative estimate of drug-likeness (QED) is 0.490. The Balaban J connectivity index is 3.71. The van der Waals surface area contributed by atoms with Crippen molar-refractivity contribution in [3.63, 3.8) is 0 Å². The monoisotopic (exact) mass is 245 g/mol. The largest absolute Gasteiger partial charge is 0.383 e. The third kappa shape index (κ3) is 8.65. The van der Waals surface area contributed by atoms with Gasteiger partial charge in [0.15, 0.2) is 0 Å². The Kier molecular flexibility index (Phi) is 8.35. The van der Waals surface area contributed by atoms with E-state index in [-0.39, 0.29) is 18.4 Å². The zero-order chi connectivity index (χ0) is 13.3. The first kappa shape index (κ1) is 15.9. The van der Waals surface area contributed by atoms with Crippen LogP contribution in [0.5, 0.6) is 0 Å². The van der Waals surface area contributed by atoms with Crippen molar-refractivity contribution in [1.29, 1.82) is 0 Å². The van der Waals surface area contributed by atoms with Crippen LogP contribution < -0.4 is 16.4 Å². The highest BCUT2D eigenvalue weighted by atomic mass is 16.5. The fraction of sp³-hybridized carbons (Fsp3) is 0.818. The van der Waals surface area contributed by atoms with E-state index in [1.807, 2.05) is 13.8 Å². The van der Waals surface area contributed by atoms with E-state index in [1.165, 1.54) is 0 Å². The molecule has 0 fully saturated rings. The van der Waals surface area contributed by atoms with Crippen LogP contribution in [-0.2, 0) is 14.3 Å². The zero-order valence-corrected chi connectivity index (χ0v) is 10.8. The minimum atomic E-state index is -0.554. The number of methoxy groups -OCH3 is 1. The molecule has 1 atom stereocenters. The van der Waals surface area contributed by atoms with E-state index in [1.54, 1.807) is 7.11 Å². The highest BCUT2D eigenvalue weighted by Gasteiger charge is 2.15. The Morgan fingerprint density at radius 1 is 1.29 bits per heavy atom. The van der Waals surface area contributed by atoms with Crippen LogP contribution in [0.1, 0.15) is 20.3 Å². The third-order valence-electron chi connectivity index (χ3n) is 2.11. The number of rotatable bonds is 8. The molecule has 0 aromatic carbocycles. The molecule has 0 saturated carbocycles. The second-order valence-electron chi connectivity index (χ2n) is 4.30. The van der Waals surface area contributed by atoms with Gasteiger partial charge in [-0.1, -0.05) is 13.8 Å². The van der Waals surface area contributed by atoms with Crippen molar-refractivity contribution in [2.75, 3.05) is 26.8 Å². The van der Waals surface area contributed by atoms with Crippen LogP contribution in [-0.4, -0.2) is 44.7 Å². The van der Waals surface area contributed by atoms with Gasteiger partial charge in [-0.2, -0.15) is 0 Å². The number of carbonyl (C=O) groups excluding carboxylic acids is 2. The molecule has 0 saturated heterocycles. The summed E-state index contributed by atoms with van der Waals surface area (Å²) in [4.78, 5) is 22.7. The van der Waals surface area contributed by atoms with Crippen LogP contribution in [0.4, 0.5) is 0 Å². The van der Waals surface area contributed by atoms with Crippen LogP contribution in [0.3, 0.4) is 0 Å². The lowest BCUT2D eigenvalue weighted by molar-refractivity contribution is -0.127. The normalized spacial score (nSPS) is 12.3. The molecule has 0 bridgehead atoms. The van der Waals surface area contributed by atoms with Gasteiger partial charge in [0.1, 0.15) is 0 Å². The topological polar surface area (TPSA) is 93.5 Å². The predicted molar refractivity (Wildman–Crippen MR) is 65.3 cm³/mol. The summed E-state index contributed by atoms with van der Waals surface area (Å²) in [6.07, 6.45) is 0.608. The summed E-state index contributed by atoms with van der Waals surface area (Å²) >= 11 is 0. The van der Waals surface area contributed by atoms with Crippen molar-refractivity contribution in [1.82, 2.24) is 10.6 Å². The molecule has 0 aliphatic carbocycles. The maximum atomic E-state index is 11.5. The summed E-state index contributed by atoms with van der Waals surface area (Å²) in [5.74, 6) is -0.181. The second kappa shape index (κ2) is 8.95. The molecule has 6 nitrogen and oxygen atoms in total. The average Bonchev–Trinajstić information content (AvgIpc) is 2.25. The first-order valence-corrected chi connectivity index (χ1v) is 5.76. The second-order valence-corrected chi connectivity index (χ2v) is 4.30. The number of carbonyl (C=O) groups is 2.